The quantitative estimate of drug-likeness (QED) is 0.348. The number of hydrogen-bond donors (Lipinski definition) is 1. The van der Waals surface area contributed by atoms with Crippen molar-refractivity contribution >= 4 is 5.97 Å². The van der Waals surface area contributed by atoms with Crippen molar-refractivity contribution in [2.75, 3.05) is 0 Å². The molecule has 0 bridgehead atoms. The maximum absolute atomic E-state index is 10.3. The van der Waals surface area contributed by atoms with Crippen molar-refractivity contribution in [2.45, 2.75) is 71.1 Å². The molecule has 0 spiro atoms. The van der Waals surface area contributed by atoms with Crippen molar-refractivity contribution in [3.8, 4) is 0 Å². The molecule has 0 saturated carbocycles. The lowest BCUT2D eigenvalue weighted by atomic mass is 10.1. The molecule has 2 heteroatoms. The van der Waals surface area contributed by atoms with Crippen LogP contribution in [0.1, 0.15) is 71.1 Å². The van der Waals surface area contributed by atoms with Gasteiger partial charge in [-0.05, 0) is 26.2 Å². The fourth-order valence-corrected chi connectivity index (χ4v) is 2.01. The van der Waals surface area contributed by atoms with Crippen LogP contribution < -0.4 is 0 Å². The smallest absolute Gasteiger partial charge is 0.303 e. The molecule has 1 N–H and O–H groups in total. The first kappa shape index (κ1) is 18.7. The summed E-state index contributed by atoms with van der Waals surface area (Å²) in [7, 11) is 0. The molecule has 114 valence electrons. The topological polar surface area (TPSA) is 37.3 Å². The average molecular weight is 278 g/mol. The summed E-state index contributed by atoms with van der Waals surface area (Å²) in [4.78, 5) is 10.3. The summed E-state index contributed by atoms with van der Waals surface area (Å²) >= 11 is 0. The van der Waals surface area contributed by atoms with Crippen molar-refractivity contribution in [1.82, 2.24) is 0 Å². The number of carbonyl (C=O) groups is 1. The molecular formula is C18H30O2. The van der Waals surface area contributed by atoms with Crippen LogP contribution in [0, 0.1) is 0 Å². The molecule has 0 rings (SSSR count). The van der Waals surface area contributed by atoms with E-state index in [0.717, 1.165) is 12.8 Å². The van der Waals surface area contributed by atoms with Crippen LogP contribution in [0.5, 0.6) is 0 Å². The van der Waals surface area contributed by atoms with E-state index in [1.54, 1.807) is 0 Å². The van der Waals surface area contributed by atoms with Crippen LogP contribution >= 0.6 is 0 Å². The third kappa shape index (κ3) is 16.7. The van der Waals surface area contributed by atoms with Gasteiger partial charge in [-0.25, -0.2) is 0 Å². The predicted octanol–water partition coefficient (Wildman–Crippen LogP) is 5.66. The number of rotatable bonds is 13. The molecule has 0 heterocycles. The van der Waals surface area contributed by atoms with E-state index in [0.29, 0.717) is 6.42 Å². The Morgan fingerprint density at radius 1 is 0.800 bits per heavy atom. The Balaban J connectivity index is 3.15. The minimum absolute atomic E-state index is 0.328. The summed E-state index contributed by atoms with van der Waals surface area (Å²) in [6, 6.07) is 0. The Morgan fingerprint density at radius 3 is 1.95 bits per heavy atom. The van der Waals surface area contributed by atoms with E-state index in [2.05, 4.69) is 18.2 Å². The van der Waals surface area contributed by atoms with Gasteiger partial charge in [-0.2, -0.15) is 0 Å². The van der Waals surface area contributed by atoms with Crippen LogP contribution in [-0.2, 0) is 4.79 Å². The minimum atomic E-state index is -0.668. The van der Waals surface area contributed by atoms with E-state index in [1.807, 2.05) is 25.2 Å². The second-order valence-electron chi connectivity index (χ2n) is 5.10. The van der Waals surface area contributed by atoms with Crippen molar-refractivity contribution in [2.24, 2.45) is 0 Å². The summed E-state index contributed by atoms with van der Waals surface area (Å²) in [5.41, 5.74) is 0. The molecule has 0 aliphatic heterocycles. The SMILES string of the molecule is CC=CC=C/C=C\CCCCCCCCCCC(=O)O. The second kappa shape index (κ2) is 15.7. The summed E-state index contributed by atoms with van der Waals surface area (Å²) in [6.07, 6.45) is 23.5. The van der Waals surface area contributed by atoms with E-state index in [-0.39, 0.29) is 0 Å². The zero-order valence-corrected chi connectivity index (χ0v) is 12.9. The third-order valence-corrected chi connectivity index (χ3v) is 3.17. The maximum atomic E-state index is 10.3. The standard InChI is InChI=1S/C18H30O2/c1-2-3-4-5-6-7-8-9-10-11-12-13-14-15-16-17-18(19)20/h2-7H,8-17H2,1H3,(H,19,20)/b3-2?,5-4?,7-6-. The van der Waals surface area contributed by atoms with Crippen LogP contribution in [0.4, 0.5) is 0 Å². The lowest BCUT2D eigenvalue weighted by Gasteiger charge is -2.00. The summed E-state index contributed by atoms with van der Waals surface area (Å²) in [5.74, 6) is -0.668. The van der Waals surface area contributed by atoms with Gasteiger partial charge in [0.25, 0.3) is 0 Å². The highest BCUT2D eigenvalue weighted by molar-refractivity contribution is 5.66. The Kier molecular flexibility index (Phi) is 14.7. The van der Waals surface area contributed by atoms with Gasteiger partial charge in [-0.15, -0.1) is 0 Å². The molecular weight excluding hydrogens is 248 g/mol. The van der Waals surface area contributed by atoms with Gasteiger partial charge in [0.2, 0.25) is 0 Å². The van der Waals surface area contributed by atoms with Crippen LogP contribution in [0.3, 0.4) is 0 Å². The number of carboxylic acid groups (broad SMARTS) is 1. The predicted molar refractivity (Wildman–Crippen MR) is 86.9 cm³/mol. The molecule has 0 radical (unpaired) electrons. The molecule has 0 fully saturated rings. The number of allylic oxidation sites excluding steroid dienone is 6. The average Bonchev–Trinajstić information content (AvgIpc) is 2.43. The molecule has 0 amide bonds. The summed E-state index contributed by atoms with van der Waals surface area (Å²) in [6.45, 7) is 2.01. The molecule has 0 aromatic heterocycles. The maximum Gasteiger partial charge on any atom is 0.303 e. The van der Waals surface area contributed by atoms with Gasteiger partial charge >= 0.3 is 5.97 Å². The van der Waals surface area contributed by atoms with E-state index < -0.39 is 5.97 Å². The lowest BCUT2D eigenvalue weighted by molar-refractivity contribution is -0.137. The highest BCUT2D eigenvalue weighted by Gasteiger charge is 1.96. The van der Waals surface area contributed by atoms with Gasteiger partial charge in [0.1, 0.15) is 0 Å². The molecule has 0 atom stereocenters. The molecule has 20 heavy (non-hydrogen) atoms. The molecule has 0 aromatic rings. The molecule has 0 saturated heterocycles. The normalized spacial score (nSPS) is 12.1. The minimum Gasteiger partial charge on any atom is -0.481 e. The van der Waals surface area contributed by atoms with Crippen molar-refractivity contribution in [3.05, 3.63) is 36.5 Å². The first-order valence-electron chi connectivity index (χ1n) is 7.93. The number of unbranched alkanes of at least 4 members (excludes halogenated alkanes) is 8. The van der Waals surface area contributed by atoms with Crippen LogP contribution in [0.2, 0.25) is 0 Å². The van der Waals surface area contributed by atoms with E-state index in [1.165, 1.54) is 44.9 Å². The van der Waals surface area contributed by atoms with Crippen molar-refractivity contribution in [3.63, 3.8) is 0 Å². The highest BCUT2D eigenvalue weighted by Crippen LogP contribution is 2.10. The monoisotopic (exact) mass is 278 g/mol. The van der Waals surface area contributed by atoms with E-state index >= 15 is 0 Å². The lowest BCUT2D eigenvalue weighted by Crippen LogP contribution is -1.93. The van der Waals surface area contributed by atoms with Crippen LogP contribution in [0.15, 0.2) is 36.5 Å². The van der Waals surface area contributed by atoms with Gasteiger partial charge in [0, 0.05) is 6.42 Å². The molecule has 2 nitrogen and oxygen atoms in total. The Hall–Kier alpha value is -1.31. The van der Waals surface area contributed by atoms with Gasteiger partial charge in [0.05, 0.1) is 0 Å². The largest absolute Gasteiger partial charge is 0.481 e. The number of carboxylic acids is 1. The first-order valence-corrected chi connectivity index (χ1v) is 7.93. The van der Waals surface area contributed by atoms with Gasteiger partial charge in [-0.3, -0.25) is 4.79 Å². The van der Waals surface area contributed by atoms with E-state index in [4.69, 9.17) is 5.11 Å². The molecule has 0 unspecified atom stereocenters. The Morgan fingerprint density at radius 2 is 1.35 bits per heavy atom. The van der Waals surface area contributed by atoms with Crippen molar-refractivity contribution < 1.29 is 9.90 Å². The van der Waals surface area contributed by atoms with Gasteiger partial charge in [0.15, 0.2) is 0 Å². The highest BCUT2D eigenvalue weighted by atomic mass is 16.4. The molecule has 0 aromatic carbocycles. The van der Waals surface area contributed by atoms with Crippen LogP contribution in [-0.4, -0.2) is 11.1 Å². The second-order valence-corrected chi connectivity index (χ2v) is 5.10. The summed E-state index contributed by atoms with van der Waals surface area (Å²) in [5, 5.41) is 8.50. The fraction of sp³-hybridized carbons (Fsp3) is 0.611. The summed E-state index contributed by atoms with van der Waals surface area (Å²) < 4.78 is 0. The van der Waals surface area contributed by atoms with Crippen molar-refractivity contribution in [1.29, 1.82) is 0 Å². The van der Waals surface area contributed by atoms with E-state index in [9.17, 15) is 4.79 Å². The number of aliphatic carboxylic acids is 1. The molecule has 0 aliphatic rings. The van der Waals surface area contributed by atoms with Crippen LogP contribution in [0.25, 0.3) is 0 Å². The Labute approximate surface area is 124 Å². The first-order chi connectivity index (χ1) is 9.77. The van der Waals surface area contributed by atoms with Gasteiger partial charge < -0.3 is 5.11 Å². The molecule has 0 aliphatic carbocycles. The number of hydrogen-bond acceptors (Lipinski definition) is 1. The zero-order chi connectivity index (χ0) is 14.9. The zero-order valence-electron chi connectivity index (χ0n) is 12.9. The Bertz CT molecular complexity index is 301. The fourth-order valence-electron chi connectivity index (χ4n) is 2.01. The van der Waals surface area contributed by atoms with Gasteiger partial charge in [-0.1, -0.05) is 75.0 Å². The third-order valence-electron chi connectivity index (χ3n) is 3.17.